The molecule has 5 nitrogen and oxygen atoms in total. The predicted octanol–water partition coefficient (Wildman–Crippen LogP) is 2.30. The first-order valence-electron chi connectivity index (χ1n) is 7.33. The van der Waals surface area contributed by atoms with Gasteiger partial charge < -0.3 is 5.32 Å². The van der Waals surface area contributed by atoms with Crippen LogP contribution in [0.15, 0.2) is 33.0 Å². The summed E-state index contributed by atoms with van der Waals surface area (Å²) in [5.74, 6) is 0. The van der Waals surface area contributed by atoms with Crippen molar-refractivity contribution in [2.45, 2.75) is 55.9 Å². The number of aryl methyl sites for hydroxylation is 1. The normalized spacial score (nSPS) is 14.6. The predicted molar refractivity (Wildman–Crippen MR) is 83.7 cm³/mol. The summed E-state index contributed by atoms with van der Waals surface area (Å²) in [6.07, 6.45) is 2.56. The number of rotatable bonds is 6. The third kappa shape index (κ3) is 3.39. The van der Waals surface area contributed by atoms with E-state index in [-0.39, 0.29) is 5.69 Å². The van der Waals surface area contributed by atoms with E-state index in [4.69, 9.17) is 0 Å². The van der Waals surface area contributed by atoms with E-state index < -0.39 is 0 Å². The minimum atomic E-state index is -0.148. The fraction of sp³-hybridized carbons (Fsp3) is 0.467. The molecule has 112 valence electrons. The van der Waals surface area contributed by atoms with Crippen LogP contribution < -0.4 is 11.0 Å². The Morgan fingerprint density at radius 2 is 2.29 bits per heavy atom. The van der Waals surface area contributed by atoms with Gasteiger partial charge in [-0.3, -0.25) is 4.57 Å². The van der Waals surface area contributed by atoms with E-state index in [0.717, 1.165) is 16.6 Å². The van der Waals surface area contributed by atoms with Gasteiger partial charge in [0.1, 0.15) is 0 Å². The van der Waals surface area contributed by atoms with E-state index in [1.54, 1.807) is 16.3 Å². The Morgan fingerprint density at radius 1 is 1.48 bits per heavy atom. The number of hydrogen-bond acceptors (Lipinski definition) is 4. The summed E-state index contributed by atoms with van der Waals surface area (Å²) in [6.45, 7) is 5.55. The zero-order chi connectivity index (χ0) is 14.8. The molecule has 1 heterocycles. The van der Waals surface area contributed by atoms with Gasteiger partial charge in [-0.05, 0) is 50.1 Å². The fourth-order valence-electron chi connectivity index (χ4n) is 2.25. The van der Waals surface area contributed by atoms with Crippen molar-refractivity contribution in [2.75, 3.05) is 0 Å². The van der Waals surface area contributed by atoms with Gasteiger partial charge in [-0.1, -0.05) is 17.7 Å². The smallest absolute Gasteiger partial charge is 0.310 e. The Balaban J connectivity index is 1.84. The highest BCUT2D eigenvalue weighted by atomic mass is 32.2. The van der Waals surface area contributed by atoms with Gasteiger partial charge >= 0.3 is 5.69 Å². The zero-order valence-electron chi connectivity index (χ0n) is 12.3. The number of nitrogens with zero attached hydrogens (tertiary/aromatic N) is 2. The molecule has 1 aromatic carbocycles. The molecule has 0 aliphatic heterocycles. The molecule has 0 bridgehead atoms. The van der Waals surface area contributed by atoms with Gasteiger partial charge in [-0.2, -0.15) is 0 Å². The van der Waals surface area contributed by atoms with Crippen LogP contribution in [0.1, 0.15) is 30.9 Å². The van der Waals surface area contributed by atoms with E-state index >= 15 is 0 Å². The topological polar surface area (TPSA) is 62.7 Å². The molecule has 0 radical (unpaired) electrons. The monoisotopic (exact) mass is 304 g/mol. The van der Waals surface area contributed by atoms with Crippen LogP contribution in [0, 0.1) is 6.92 Å². The molecular formula is C15H20N4OS. The Hall–Kier alpha value is -1.53. The fourth-order valence-corrected chi connectivity index (χ4v) is 3.25. The number of nitrogens with one attached hydrogen (secondary N) is 2. The molecule has 1 saturated carbocycles. The summed E-state index contributed by atoms with van der Waals surface area (Å²) in [5.41, 5.74) is 2.37. The quantitative estimate of drug-likeness (QED) is 0.859. The van der Waals surface area contributed by atoms with Gasteiger partial charge in [-0.25, -0.2) is 9.89 Å². The van der Waals surface area contributed by atoms with Crippen LogP contribution in [0.2, 0.25) is 0 Å². The van der Waals surface area contributed by atoms with E-state index in [1.807, 2.05) is 6.92 Å². The molecule has 0 saturated heterocycles. The van der Waals surface area contributed by atoms with Crippen molar-refractivity contribution in [3.05, 3.63) is 39.8 Å². The molecular weight excluding hydrogens is 284 g/mol. The van der Waals surface area contributed by atoms with Crippen LogP contribution in [0.3, 0.4) is 0 Å². The van der Waals surface area contributed by atoms with E-state index in [2.05, 4.69) is 40.6 Å². The zero-order valence-corrected chi connectivity index (χ0v) is 13.2. The first-order valence-corrected chi connectivity index (χ1v) is 8.15. The van der Waals surface area contributed by atoms with E-state index in [9.17, 15) is 4.79 Å². The lowest BCUT2D eigenvalue weighted by atomic mass is 10.1. The first-order chi connectivity index (χ1) is 10.2. The molecule has 0 spiro atoms. The second kappa shape index (κ2) is 6.07. The minimum Gasteiger partial charge on any atom is -0.310 e. The maximum Gasteiger partial charge on any atom is 0.343 e. The Kier molecular flexibility index (Phi) is 4.17. The second-order valence-electron chi connectivity index (χ2n) is 5.42. The van der Waals surface area contributed by atoms with E-state index in [1.165, 1.54) is 24.0 Å². The average Bonchev–Trinajstić information content (AvgIpc) is 3.23. The standard InChI is InChI=1S/C15H20N4OS/c1-3-19-14(20)17-18-15(19)21-13-7-4-10(2)8-11(13)9-16-12-5-6-12/h4,7-8,12,16H,3,5-6,9H2,1-2H3,(H,17,20). The molecule has 0 atom stereocenters. The molecule has 1 aliphatic rings. The Labute approximate surface area is 128 Å². The van der Waals surface area contributed by atoms with Crippen LogP contribution >= 0.6 is 11.8 Å². The van der Waals surface area contributed by atoms with Gasteiger partial charge in [0.05, 0.1) is 0 Å². The van der Waals surface area contributed by atoms with Crippen LogP contribution in [-0.2, 0) is 13.1 Å². The van der Waals surface area contributed by atoms with Crippen LogP contribution in [0.25, 0.3) is 0 Å². The molecule has 0 amide bonds. The summed E-state index contributed by atoms with van der Waals surface area (Å²) >= 11 is 1.55. The van der Waals surface area contributed by atoms with Crippen molar-refractivity contribution in [3.8, 4) is 0 Å². The lowest BCUT2D eigenvalue weighted by Gasteiger charge is -2.11. The third-order valence-corrected chi connectivity index (χ3v) is 4.73. The third-order valence-electron chi connectivity index (χ3n) is 3.62. The lowest BCUT2D eigenvalue weighted by Crippen LogP contribution is -2.17. The first kappa shape index (κ1) is 14.4. The number of aromatic amines is 1. The maximum atomic E-state index is 11.6. The van der Waals surface area contributed by atoms with Gasteiger partial charge in [0, 0.05) is 24.0 Å². The molecule has 1 aromatic heterocycles. The SMILES string of the molecule is CCn1c(Sc2ccc(C)cc2CNC2CC2)n[nH]c1=O. The molecule has 1 fully saturated rings. The Bertz CT molecular complexity index is 687. The summed E-state index contributed by atoms with van der Waals surface area (Å²) in [4.78, 5) is 12.8. The number of H-pyrrole nitrogens is 1. The maximum absolute atomic E-state index is 11.6. The number of hydrogen-bond donors (Lipinski definition) is 2. The highest BCUT2D eigenvalue weighted by Gasteiger charge is 2.21. The van der Waals surface area contributed by atoms with Crippen molar-refractivity contribution in [1.29, 1.82) is 0 Å². The summed E-state index contributed by atoms with van der Waals surface area (Å²) < 4.78 is 1.66. The largest absolute Gasteiger partial charge is 0.343 e. The lowest BCUT2D eigenvalue weighted by molar-refractivity contribution is 0.659. The summed E-state index contributed by atoms with van der Waals surface area (Å²) in [5, 5.41) is 10.9. The Morgan fingerprint density at radius 3 is 3.00 bits per heavy atom. The van der Waals surface area contributed by atoms with Crippen molar-refractivity contribution >= 4 is 11.8 Å². The second-order valence-corrected chi connectivity index (χ2v) is 6.43. The van der Waals surface area contributed by atoms with Gasteiger partial charge in [0.25, 0.3) is 0 Å². The molecule has 21 heavy (non-hydrogen) atoms. The molecule has 1 aliphatic carbocycles. The van der Waals surface area contributed by atoms with Gasteiger partial charge in [0.15, 0.2) is 5.16 Å². The molecule has 3 rings (SSSR count). The van der Waals surface area contributed by atoms with Gasteiger partial charge in [-0.15, -0.1) is 5.10 Å². The molecule has 2 N–H and O–H groups in total. The average molecular weight is 304 g/mol. The molecule has 0 unspecified atom stereocenters. The van der Waals surface area contributed by atoms with Crippen molar-refractivity contribution in [2.24, 2.45) is 0 Å². The van der Waals surface area contributed by atoms with Crippen molar-refractivity contribution in [3.63, 3.8) is 0 Å². The highest BCUT2D eigenvalue weighted by molar-refractivity contribution is 7.99. The summed E-state index contributed by atoms with van der Waals surface area (Å²) in [7, 11) is 0. The van der Waals surface area contributed by atoms with Crippen LogP contribution in [0.5, 0.6) is 0 Å². The number of benzene rings is 1. The van der Waals surface area contributed by atoms with Crippen molar-refractivity contribution < 1.29 is 0 Å². The molecule has 6 heteroatoms. The van der Waals surface area contributed by atoms with E-state index in [0.29, 0.717) is 12.6 Å². The van der Waals surface area contributed by atoms with Crippen molar-refractivity contribution in [1.82, 2.24) is 20.1 Å². The number of aromatic nitrogens is 3. The van der Waals surface area contributed by atoms with Gasteiger partial charge in [0.2, 0.25) is 0 Å². The summed E-state index contributed by atoms with van der Waals surface area (Å²) in [6, 6.07) is 7.11. The van der Waals surface area contributed by atoms with Crippen LogP contribution in [-0.4, -0.2) is 20.8 Å². The minimum absolute atomic E-state index is 0.148. The van der Waals surface area contributed by atoms with Crippen LogP contribution in [0.4, 0.5) is 0 Å². The highest BCUT2D eigenvalue weighted by Crippen LogP contribution is 2.30. The molecule has 2 aromatic rings.